The minimum Gasteiger partial charge on any atom is -0.323 e. The highest BCUT2D eigenvalue weighted by molar-refractivity contribution is 6.33. The molecule has 1 unspecified atom stereocenters. The summed E-state index contributed by atoms with van der Waals surface area (Å²) in [6, 6.07) is 10.2. The number of amides is 1. The number of nitrogens with two attached hydrogens (primary N) is 1. The zero-order chi connectivity index (χ0) is 14.7. The molecule has 1 amide bonds. The van der Waals surface area contributed by atoms with Crippen LogP contribution in [-0.2, 0) is 4.79 Å². The van der Waals surface area contributed by atoms with Gasteiger partial charge in [-0.2, -0.15) is 0 Å². The SMILES string of the molecule is Cc1ccc(C(N)C(=O)Nc2cc(F)ccc2Cl)cc1. The largest absolute Gasteiger partial charge is 0.323 e. The van der Waals surface area contributed by atoms with Crippen LogP contribution in [0.2, 0.25) is 5.02 Å². The van der Waals surface area contributed by atoms with Gasteiger partial charge in [-0.25, -0.2) is 4.39 Å². The van der Waals surface area contributed by atoms with Crippen molar-refractivity contribution < 1.29 is 9.18 Å². The van der Waals surface area contributed by atoms with E-state index in [-0.39, 0.29) is 10.7 Å². The molecule has 2 aromatic rings. The van der Waals surface area contributed by atoms with Crippen LogP contribution < -0.4 is 11.1 Å². The molecule has 2 aromatic carbocycles. The van der Waals surface area contributed by atoms with Gasteiger partial charge in [-0.3, -0.25) is 4.79 Å². The Morgan fingerprint density at radius 3 is 2.55 bits per heavy atom. The first-order valence-corrected chi connectivity index (χ1v) is 6.43. The summed E-state index contributed by atoms with van der Waals surface area (Å²) in [7, 11) is 0. The first-order chi connectivity index (χ1) is 9.47. The van der Waals surface area contributed by atoms with Crippen LogP contribution >= 0.6 is 11.6 Å². The molecule has 0 spiro atoms. The lowest BCUT2D eigenvalue weighted by atomic mass is 10.1. The van der Waals surface area contributed by atoms with Crippen molar-refractivity contribution in [3.63, 3.8) is 0 Å². The maximum absolute atomic E-state index is 13.1. The molecule has 0 bridgehead atoms. The minimum absolute atomic E-state index is 0.208. The Morgan fingerprint density at radius 1 is 1.25 bits per heavy atom. The van der Waals surface area contributed by atoms with Crippen molar-refractivity contribution >= 4 is 23.2 Å². The number of aryl methyl sites for hydroxylation is 1. The molecule has 0 aliphatic heterocycles. The molecule has 2 rings (SSSR count). The summed E-state index contributed by atoms with van der Waals surface area (Å²) in [6.45, 7) is 1.95. The first kappa shape index (κ1) is 14.5. The third-order valence-electron chi connectivity index (χ3n) is 2.91. The Balaban J connectivity index is 2.15. The number of hydrogen-bond donors (Lipinski definition) is 2. The van der Waals surface area contributed by atoms with Crippen LogP contribution in [0.25, 0.3) is 0 Å². The van der Waals surface area contributed by atoms with Crippen molar-refractivity contribution in [2.75, 3.05) is 5.32 Å². The molecule has 3 nitrogen and oxygen atoms in total. The van der Waals surface area contributed by atoms with E-state index < -0.39 is 17.8 Å². The smallest absolute Gasteiger partial charge is 0.245 e. The van der Waals surface area contributed by atoms with E-state index >= 15 is 0 Å². The van der Waals surface area contributed by atoms with E-state index in [1.54, 1.807) is 12.1 Å². The number of nitrogens with one attached hydrogen (secondary N) is 1. The Morgan fingerprint density at radius 2 is 1.90 bits per heavy atom. The summed E-state index contributed by atoms with van der Waals surface area (Å²) in [6.07, 6.45) is 0. The molecular weight excluding hydrogens is 279 g/mol. The highest BCUT2D eigenvalue weighted by atomic mass is 35.5. The zero-order valence-corrected chi connectivity index (χ0v) is 11.6. The topological polar surface area (TPSA) is 55.1 Å². The molecular formula is C15H14ClFN2O. The molecule has 0 aromatic heterocycles. The van der Waals surface area contributed by atoms with Gasteiger partial charge in [0.1, 0.15) is 11.9 Å². The average molecular weight is 293 g/mol. The van der Waals surface area contributed by atoms with E-state index in [9.17, 15) is 9.18 Å². The number of hydrogen-bond acceptors (Lipinski definition) is 2. The summed E-state index contributed by atoms with van der Waals surface area (Å²) in [5, 5.41) is 2.79. The quantitative estimate of drug-likeness (QED) is 0.910. The fraction of sp³-hybridized carbons (Fsp3) is 0.133. The van der Waals surface area contributed by atoms with Crippen molar-refractivity contribution in [1.82, 2.24) is 0 Å². The lowest BCUT2D eigenvalue weighted by Crippen LogP contribution is -2.27. The van der Waals surface area contributed by atoms with E-state index in [1.165, 1.54) is 12.1 Å². The standard InChI is InChI=1S/C15H14ClFN2O/c1-9-2-4-10(5-3-9)14(18)15(20)19-13-8-11(17)6-7-12(13)16/h2-8,14H,18H2,1H3,(H,19,20). The first-order valence-electron chi connectivity index (χ1n) is 6.05. The molecule has 0 aliphatic rings. The Labute approximate surface area is 121 Å². The van der Waals surface area contributed by atoms with Gasteiger partial charge in [-0.15, -0.1) is 0 Å². The molecule has 3 N–H and O–H groups in total. The fourth-order valence-electron chi connectivity index (χ4n) is 1.73. The van der Waals surface area contributed by atoms with Crippen molar-refractivity contribution in [3.8, 4) is 0 Å². The van der Waals surface area contributed by atoms with E-state index in [4.69, 9.17) is 17.3 Å². The molecule has 0 heterocycles. The van der Waals surface area contributed by atoms with Crippen molar-refractivity contribution in [2.24, 2.45) is 5.73 Å². The van der Waals surface area contributed by atoms with Gasteiger partial charge in [0, 0.05) is 0 Å². The summed E-state index contributed by atoms with van der Waals surface area (Å²) >= 11 is 5.89. The molecule has 0 fully saturated rings. The average Bonchev–Trinajstić information content (AvgIpc) is 2.43. The van der Waals surface area contributed by atoms with Crippen LogP contribution in [0.1, 0.15) is 17.2 Å². The molecule has 1 atom stereocenters. The maximum Gasteiger partial charge on any atom is 0.245 e. The molecule has 0 aliphatic carbocycles. The van der Waals surface area contributed by atoms with E-state index in [2.05, 4.69) is 5.32 Å². The van der Waals surface area contributed by atoms with E-state index in [1.807, 2.05) is 19.1 Å². The summed E-state index contributed by atoms with van der Waals surface area (Å²) in [5.41, 5.74) is 7.84. The Kier molecular flexibility index (Phi) is 4.37. The Hall–Kier alpha value is -1.91. The van der Waals surface area contributed by atoms with E-state index in [0.717, 1.165) is 11.6 Å². The third kappa shape index (κ3) is 3.35. The summed E-state index contributed by atoms with van der Waals surface area (Å²) in [4.78, 5) is 12.0. The van der Waals surface area contributed by atoms with Gasteiger partial charge in [0.15, 0.2) is 0 Å². The van der Waals surface area contributed by atoms with Crippen molar-refractivity contribution in [2.45, 2.75) is 13.0 Å². The van der Waals surface area contributed by atoms with Crippen LogP contribution in [0.5, 0.6) is 0 Å². The van der Waals surface area contributed by atoms with Crippen LogP contribution in [0, 0.1) is 12.7 Å². The number of carbonyl (C=O) groups excluding carboxylic acids is 1. The van der Waals surface area contributed by atoms with Crippen LogP contribution in [0.15, 0.2) is 42.5 Å². The lowest BCUT2D eigenvalue weighted by Gasteiger charge is -2.13. The second-order valence-electron chi connectivity index (χ2n) is 4.50. The van der Waals surface area contributed by atoms with Crippen molar-refractivity contribution in [1.29, 1.82) is 0 Å². The maximum atomic E-state index is 13.1. The molecule has 0 saturated carbocycles. The highest BCUT2D eigenvalue weighted by Crippen LogP contribution is 2.23. The van der Waals surface area contributed by atoms with Gasteiger partial charge in [-0.1, -0.05) is 41.4 Å². The highest BCUT2D eigenvalue weighted by Gasteiger charge is 2.17. The Bertz CT molecular complexity index is 628. The van der Waals surface area contributed by atoms with Crippen LogP contribution in [0.3, 0.4) is 0 Å². The molecule has 5 heteroatoms. The lowest BCUT2D eigenvalue weighted by molar-refractivity contribution is -0.117. The number of rotatable bonds is 3. The van der Waals surface area contributed by atoms with Gasteiger partial charge in [0.25, 0.3) is 0 Å². The number of benzene rings is 2. The molecule has 0 radical (unpaired) electrons. The second kappa shape index (κ2) is 6.03. The number of anilines is 1. The van der Waals surface area contributed by atoms with Gasteiger partial charge in [0.05, 0.1) is 10.7 Å². The fourth-order valence-corrected chi connectivity index (χ4v) is 1.89. The van der Waals surface area contributed by atoms with Gasteiger partial charge in [-0.05, 0) is 30.7 Å². The second-order valence-corrected chi connectivity index (χ2v) is 4.91. The number of carbonyl (C=O) groups is 1. The molecule has 104 valence electrons. The van der Waals surface area contributed by atoms with Crippen molar-refractivity contribution in [3.05, 3.63) is 64.4 Å². The zero-order valence-electron chi connectivity index (χ0n) is 10.9. The van der Waals surface area contributed by atoms with Crippen LogP contribution in [-0.4, -0.2) is 5.91 Å². The monoisotopic (exact) mass is 292 g/mol. The number of halogens is 2. The van der Waals surface area contributed by atoms with Gasteiger partial charge >= 0.3 is 0 Å². The van der Waals surface area contributed by atoms with Gasteiger partial charge in [0.2, 0.25) is 5.91 Å². The predicted molar refractivity (Wildman–Crippen MR) is 78.1 cm³/mol. The normalized spacial score (nSPS) is 12.0. The summed E-state index contributed by atoms with van der Waals surface area (Å²) < 4.78 is 13.1. The van der Waals surface area contributed by atoms with E-state index in [0.29, 0.717) is 5.56 Å². The molecule has 0 saturated heterocycles. The van der Waals surface area contributed by atoms with Gasteiger partial charge < -0.3 is 11.1 Å². The summed E-state index contributed by atoms with van der Waals surface area (Å²) in [5.74, 6) is -0.921. The molecule has 20 heavy (non-hydrogen) atoms. The van der Waals surface area contributed by atoms with Crippen LogP contribution in [0.4, 0.5) is 10.1 Å². The minimum atomic E-state index is -0.838. The third-order valence-corrected chi connectivity index (χ3v) is 3.23. The predicted octanol–water partition coefficient (Wildman–Crippen LogP) is 3.43.